The van der Waals surface area contributed by atoms with Gasteiger partial charge in [-0.1, -0.05) is 19.1 Å². The van der Waals surface area contributed by atoms with Gasteiger partial charge in [-0.15, -0.1) is 0 Å². The monoisotopic (exact) mass is 395 g/mol. The van der Waals surface area contributed by atoms with Gasteiger partial charge in [0.1, 0.15) is 17.6 Å². The van der Waals surface area contributed by atoms with E-state index in [1.807, 2.05) is 6.07 Å². The molecule has 0 radical (unpaired) electrons. The Balaban J connectivity index is 1.68. The van der Waals surface area contributed by atoms with Crippen molar-refractivity contribution in [2.45, 2.75) is 26.3 Å². The van der Waals surface area contributed by atoms with Gasteiger partial charge in [-0.2, -0.15) is 0 Å². The maximum absolute atomic E-state index is 13.0. The first-order valence-corrected chi connectivity index (χ1v) is 9.86. The van der Waals surface area contributed by atoms with Crippen molar-refractivity contribution in [3.8, 4) is 23.0 Å². The van der Waals surface area contributed by atoms with Crippen LogP contribution in [0.2, 0.25) is 0 Å². The van der Waals surface area contributed by atoms with E-state index in [1.54, 1.807) is 37.4 Å². The molecule has 1 saturated heterocycles. The third-order valence-corrected chi connectivity index (χ3v) is 5.53. The van der Waals surface area contributed by atoms with Gasteiger partial charge in [0, 0.05) is 6.54 Å². The lowest BCUT2D eigenvalue weighted by atomic mass is 9.98. The second-order valence-electron chi connectivity index (χ2n) is 7.58. The summed E-state index contributed by atoms with van der Waals surface area (Å²) in [6.45, 7) is 4.74. The molecule has 29 heavy (non-hydrogen) atoms. The number of ether oxygens (including phenoxy) is 2. The van der Waals surface area contributed by atoms with Crippen molar-refractivity contribution in [1.82, 2.24) is 4.90 Å². The first-order chi connectivity index (χ1) is 14.1. The van der Waals surface area contributed by atoms with E-state index in [2.05, 4.69) is 11.8 Å². The summed E-state index contributed by atoms with van der Waals surface area (Å²) in [6, 6.07) is 10.2. The normalized spacial score (nSPS) is 15.5. The van der Waals surface area contributed by atoms with Crippen molar-refractivity contribution < 1.29 is 19.0 Å². The molecule has 6 nitrogen and oxygen atoms in total. The Bertz CT molecular complexity index is 1070. The summed E-state index contributed by atoms with van der Waals surface area (Å²) in [5, 5.41) is 10.8. The molecule has 2 heterocycles. The van der Waals surface area contributed by atoms with E-state index in [1.165, 1.54) is 6.26 Å². The number of piperidine rings is 1. The Hall–Kier alpha value is -2.99. The molecule has 0 aliphatic carbocycles. The molecule has 0 unspecified atom stereocenters. The molecule has 0 spiro atoms. The summed E-state index contributed by atoms with van der Waals surface area (Å²) in [6.07, 6.45) is 3.57. The zero-order valence-corrected chi connectivity index (χ0v) is 16.7. The molecule has 0 amide bonds. The first kappa shape index (κ1) is 19.3. The predicted octanol–water partition coefficient (Wildman–Crippen LogP) is 4.53. The predicted molar refractivity (Wildman–Crippen MR) is 111 cm³/mol. The fourth-order valence-electron chi connectivity index (χ4n) is 3.72. The minimum absolute atomic E-state index is 0.0745. The Morgan fingerprint density at radius 2 is 1.83 bits per heavy atom. The Morgan fingerprint density at radius 1 is 1.10 bits per heavy atom. The number of phenolic OH excluding ortho intramolecular Hbond substituents is 1. The number of nitrogens with zero attached hydrogens (tertiary/aromatic N) is 1. The van der Waals surface area contributed by atoms with Gasteiger partial charge in [-0.3, -0.25) is 9.69 Å². The van der Waals surface area contributed by atoms with Gasteiger partial charge < -0.3 is 19.0 Å². The molecule has 3 aromatic rings. The zero-order valence-electron chi connectivity index (χ0n) is 16.7. The third kappa shape index (κ3) is 3.93. The van der Waals surface area contributed by atoms with Gasteiger partial charge in [0.25, 0.3) is 0 Å². The molecular formula is C23H25NO5. The van der Waals surface area contributed by atoms with Crippen LogP contribution in [0.15, 0.2) is 51.9 Å². The van der Waals surface area contributed by atoms with Gasteiger partial charge >= 0.3 is 0 Å². The molecule has 6 heteroatoms. The van der Waals surface area contributed by atoms with Crippen LogP contribution in [0.4, 0.5) is 0 Å². The molecule has 0 atom stereocenters. The van der Waals surface area contributed by atoms with Crippen molar-refractivity contribution >= 4 is 11.0 Å². The summed E-state index contributed by atoms with van der Waals surface area (Å²) in [7, 11) is 1.54. The number of likely N-dealkylation sites (tertiary alicyclic amines) is 1. The van der Waals surface area contributed by atoms with E-state index < -0.39 is 0 Å². The lowest BCUT2D eigenvalue weighted by Gasteiger charge is -2.30. The number of hydrogen-bond acceptors (Lipinski definition) is 6. The molecule has 1 aliphatic rings. The Morgan fingerprint density at radius 3 is 2.55 bits per heavy atom. The van der Waals surface area contributed by atoms with Crippen molar-refractivity contribution in [3.63, 3.8) is 0 Å². The summed E-state index contributed by atoms with van der Waals surface area (Å²) in [4.78, 5) is 15.3. The minimum Gasteiger partial charge on any atom is -0.507 e. The average molecular weight is 395 g/mol. The van der Waals surface area contributed by atoms with Gasteiger partial charge in [0.05, 0.1) is 18.1 Å². The topological polar surface area (TPSA) is 72.1 Å². The number of aromatic hydroxyl groups is 1. The summed E-state index contributed by atoms with van der Waals surface area (Å²) >= 11 is 0. The molecule has 2 aromatic carbocycles. The van der Waals surface area contributed by atoms with E-state index in [4.69, 9.17) is 13.9 Å². The molecule has 152 valence electrons. The molecule has 4 rings (SSSR count). The quantitative estimate of drug-likeness (QED) is 0.684. The molecular weight excluding hydrogens is 370 g/mol. The largest absolute Gasteiger partial charge is 0.507 e. The number of para-hydroxylation sites is 2. The number of benzene rings is 2. The summed E-state index contributed by atoms with van der Waals surface area (Å²) in [5.74, 6) is 1.89. The molecule has 1 fully saturated rings. The summed E-state index contributed by atoms with van der Waals surface area (Å²) < 4.78 is 16.8. The lowest BCUT2D eigenvalue weighted by molar-refractivity contribution is 0.184. The smallest absolute Gasteiger partial charge is 0.235 e. The fourth-order valence-corrected chi connectivity index (χ4v) is 3.72. The number of hydrogen-bond donors (Lipinski definition) is 1. The van der Waals surface area contributed by atoms with E-state index in [0.29, 0.717) is 34.6 Å². The van der Waals surface area contributed by atoms with Crippen LogP contribution in [0.25, 0.3) is 11.0 Å². The van der Waals surface area contributed by atoms with Crippen LogP contribution in [0.1, 0.15) is 25.3 Å². The number of fused-ring (bicyclic) bond motifs is 1. The maximum Gasteiger partial charge on any atom is 0.235 e. The van der Waals surface area contributed by atoms with Crippen molar-refractivity contribution in [3.05, 3.63) is 58.4 Å². The number of methoxy groups -OCH3 is 1. The van der Waals surface area contributed by atoms with Crippen LogP contribution in [-0.4, -0.2) is 30.2 Å². The molecule has 1 aliphatic heterocycles. The van der Waals surface area contributed by atoms with E-state index in [-0.39, 0.29) is 16.9 Å². The highest BCUT2D eigenvalue weighted by Crippen LogP contribution is 2.33. The standard InChI is InChI=1S/C23H25NO5/c1-15-9-11-24(12-10-15)13-17-18(25)8-7-16-22(26)21(14-28-23(16)17)29-20-6-4-3-5-19(20)27-2/h3-8,14-15,25H,9-13H2,1-2H3. The summed E-state index contributed by atoms with van der Waals surface area (Å²) in [5.41, 5.74) is 0.754. The number of rotatable bonds is 5. The van der Waals surface area contributed by atoms with Crippen LogP contribution in [-0.2, 0) is 6.54 Å². The highest BCUT2D eigenvalue weighted by Gasteiger charge is 2.21. The van der Waals surface area contributed by atoms with Crippen molar-refractivity contribution in [1.29, 1.82) is 0 Å². The average Bonchev–Trinajstić information content (AvgIpc) is 2.74. The van der Waals surface area contributed by atoms with Gasteiger partial charge in [-0.25, -0.2) is 0 Å². The van der Waals surface area contributed by atoms with Crippen molar-refractivity contribution in [2.24, 2.45) is 5.92 Å². The van der Waals surface area contributed by atoms with E-state index in [9.17, 15) is 9.90 Å². The SMILES string of the molecule is COc1ccccc1Oc1coc2c(CN3CCC(C)CC3)c(O)ccc2c1=O. The molecule has 1 aromatic heterocycles. The second-order valence-corrected chi connectivity index (χ2v) is 7.58. The fraction of sp³-hybridized carbons (Fsp3) is 0.348. The van der Waals surface area contributed by atoms with Crippen molar-refractivity contribution in [2.75, 3.05) is 20.2 Å². The molecule has 0 bridgehead atoms. The van der Waals surface area contributed by atoms with E-state index in [0.717, 1.165) is 31.8 Å². The number of phenols is 1. The van der Waals surface area contributed by atoms with Gasteiger partial charge in [0.2, 0.25) is 11.2 Å². The Labute approximate surface area is 169 Å². The second kappa shape index (κ2) is 8.17. The minimum atomic E-state index is -0.286. The van der Waals surface area contributed by atoms with Gasteiger partial charge in [0.15, 0.2) is 11.5 Å². The molecule has 1 N–H and O–H groups in total. The lowest BCUT2D eigenvalue weighted by Crippen LogP contribution is -2.32. The van der Waals surface area contributed by atoms with Crippen LogP contribution in [0.5, 0.6) is 23.0 Å². The highest BCUT2D eigenvalue weighted by atomic mass is 16.5. The van der Waals surface area contributed by atoms with Crippen LogP contribution in [0.3, 0.4) is 0 Å². The van der Waals surface area contributed by atoms with Crippen LogP contribution >= 0.6 is 0 Å². The maximum atomic E-state index is 13.0. The highest BCUT2D eigenvalue weighted by molar-refractivity contribution is 5.83. The van der Waals surface area contributed by atoms with E-state index >= 15 is 0 Å². The van der Waals surface area contributed by atoms with Crippen LogP contribution < -0.4 is 14.9 Å². The van der Waals surface area contributed by atoms with Crippen LogP contribution in [0, 0.1) is 5.92 Å². The molecule has 0 saturated carbocycles. The zero-order chi connectivity index (χ0) is 20.4. The van der Waals surface area contributed by atoms with Gasteiger partial charge in [-0.05, 0) is 56.1 Å². The first-order valence-electron chi connectivity index (χ1n) is 9.86. The third-order valence-electron chi connectivity index (χ3n) is 5.53. The Kier molecular flexibility index (Phi) is 5.45.